The number of halogens is 2. The molecule has 7 nitrogen and oxygen atoms in total. The minimum absolute atomic E-state index is 0.0315. The molecule has 1 aromatic heterocycles. The fraction of sp³-hybridized carbons (Fsp3) is 0.606. The Morgan fingerprint density at radius 1 is 1.21 bits per heavy atom. The van der Waals surface area contributed by atoms with E-state index >= 15 is 0 Å². The zero-order valence-electron chi connectivity index (χ0n) is 24.6. The van der Waals surface area contributed by atoms with Gasteiger partial charge in [-0.05, 0) is 122 Å². The number of hydrogen-bond acceptors (Lipinski definition) is 7. The van der Waals surface area contributed by atoms with Gasteiger partial charge in [0.25, 0.3) is 0 Å². The number of nitrogens with zero attached hydrogens (tertiary/aromatic N) is 2. The second-order valence-electron chi connectivity index (χ2n) is 13.6. The summed E-state index contributed by atoms with van der Waals surface area (Å²) in [7, 11) is 0. The fourth-order valence-electron chi connectivity index (χ4n) is 9.67. The second-order valence-corrected chi connectivity index (χ2v) is 14.4. The van der Waals surface area contributed by atoms with E-state index in [1.807, 2.05) is 17.8 Å². The van der Waals surface area contributed by atoms with Gasteiger partial charge in [-0.3, -0.25) is 4.79 Å². The number of thioether (sulfide) groups is 1. The van der Waals surface area contributed by atoms with Crippen LogP contribution in [-0.2, 0) is 25.5 Å². The second kappa shape index (κ2) is 10.5. The molecule has 0 bridgehead atoms. The van der Waals surface area contributed by atoms with E-state index in [1.165, 1.54) is 17.7 Å². The molecule has 7 rings (SSSR count). The molecule has 5 aliphatic rings. The minimum atomic E-state index is -1.50. The average molecular weight is 613 g/mol. The van der Waals surface area contributed by atoms with Crippen molar-refractivity contribution in [2.24, 2.45) is 28.6 Å². The number of esters is 1. The molecule has 0 spiro atoms. The van der Waals surface area contributed by atoms with Gasteiger partial charge in [0.2, 0.25) is 5.12 Å². The van der Waals surface area contributed by atoms with Crippen LogP contribution >= 0.6 is 11.8 Å². The van der Waals surface area contributed by atoms with E-state index in [9.17, 15) is 23.5 Å². The predicted octanol–water partition coefficient (Wildman–Crippen LogP) is 5.81. The summed E-state index contributed by atoms with van der Waals surface area (Å²) < 4.78 is 40.8. The van der Waals surface area contributed by atoms with Crippen LogP contribution in [-0.4, -0.2) is 56.4 Å². The Hall–Kier alpha value is -2.56. The SMILES string of the molecule is CC12Cc3cnn(-c4ccc(F)cc4)c3C=C1CCC1[C@@H]2C(O)CC2(C)[C@H]1CCC2(OC(=O)C1CCCO1)C(=O)SCF. The summed E-state index contributed by atoms with van der Waals surface area (Å²) in [6, 6.07) is 5.41. The van der Waals surface area contributed by atoms with Crippen LogP contribution in [0.25, 0.3) is 11.8 Å². The Kier molecular flexibility index (Phi) is 7.13. The average Bonchev–Trinajstić information content (AvgIpc) is 3.71. The molecule has 1 aromatic carbocycles. The number of benzene rings is 1. The van der Waals surface area contributed by atoms with Crippen LogP contribution < -0.4 is 0 Å². The van der Waals surface area contributed by atoms with Crippen molar-refractivity contribution in [3.8, 4) is 5.69 Å². The number of aromatic nitrogens is 2. The number of carbonyl (C=O) groups is 2. The summed E-state index contributed by atoms with van der Waals surface area (Å²) in [6.45, 7) is 4.69. The molecule has 1 saturated heterocycles. The van der Waals surface area contributed by atoms with Gasteiger partial charge < -0.3 is 14.6 Å². The summed E-state index contributed by atoms with van der Waals surface area (Å²) in [5.74, 6) is -0.765. The van der Waals surface area contributed by atoms with Crippen molar-refractivity contribution >= 4 is 28.9 Å². The summed E-state index contributed by atoms with van der Waals surface area (Å²) in [5, 5.41) is 16.2. The van der Waals surface area contributed by atoms with Crippen LogP contribution in [0.2, 0.25) is 0 Å². The number of alkyl halides is 1. The molecule has 2 heterocycles. The van der Waals surface area contributed by atoms with Crippen LogP contribution in [0.1, 0.15) is 70.1 Å². The first-order valence-corrected chi connectivity index (χ1v) is 16.4. The van der Waals surface area contributed by atoms with Gasteiger partial charge in [-0.15, -0.1) is 0 Å². The van der Waals surface area contributed by atoms with Crippen LogP contribution in [0.5, 0.6) is 0 Å². The molecule has 2 aromatic rings. The van der Waals surface area contributed by atoms with Crippen molar-refractivity contribution in [1.82, 2.24) is 9.78 Å². The summed E-state index contributed by atoms with van der Waals surface area (Å²) in [6.07, 6.45) is 7.59. The Bertz CT molecular complexity index is 1470. The highest BCUT2D eigenvalue weighted by Gasteiger charge is 2.71. The zero-order chi connectivity index (χ0) is 30.1. The molecule has 10 heteroatoms. The van der Waals surface area contributed by atoms with Gasteiger partial charge in [0, 0.05) is 12.0 Å². The third-order valence-electron chi connectivity index (χ3n) is 11.6. The largest absolute Gasteiger partial charge is 0.448 e. The zero-order valence-corrected chi connectivity index (χ0v) is 25.4. The molecule has 0 amide bonds. The first-order valence-electron chi connectivity index (χ1n) is 15.4. The van der Waals surface area contributed by atoms with Crippen LogP contribution in [0.3, 0.4) is 0 Å². The van der Waals surface area contributed by atoms with Crippen LogP contribution in [0.15, 0.2) is 36.0 Å². The molecule has 4 aliphatic carbocycles. The van der Waals surface area contributed by atoms with Crippen molar-refractivity contribution in [2.75, 3.05) is 12.6 Å². The summed E-state index contributed by atoms with van der Waals surface area (Å²) >= 11 is 0.563. The topological polar surface area (TPSA) is 90.7 Å². The lowest BCUT2D eigenvalue weighted by molar-refractivity contribution is -0.202. The first kappa shape index (κ1) is 29.2. The molecule has 43 heavy (non-hydrogen) atoms. The highest BCUT2D eigenvalue weighted by molar-refractivity contribution is 8.13. The van der Waals surface area contributed by atoms with E-state index in [2.05, 4.69) is 18.1 Å². The Labute approximate surface area is 254 Å². The van der Waals surface area contributed by atoms with E-state index in [0.717, 1.165) is 36.2 Å². The molecule has 8 atom stereocenters. The quantitative estimate of drug-likeness (QED) is 0.426. The van der Waals surface area contributed by atoms with E-state index < -0.39 is 40.3 Å². The number of rotatable bonds is 5. The van der Waals surface area contributed by atoms with E-state index in [4.69, 9.17) is 9.47 Å². The Morgan fingerprint density at radius 2 is 2.00 bits per heavy atom. The number of fused-ring (bicyclic) bond motifs is 6. The highest BCUT2D eigenvalue weighted by atomic mass is 32.2. The van der Waals surface area contributed by atoms with E-state index in [1.54, 1.807) is 12.1 Å². The lowest BCUT2D eigenvalue weighted by atomic mass is 9.45. The molecule has 3 saturated carbocycles. The summed E-state index contributed by atoms with van der Waals surface area (Å²) in [4.78, 5) is 27.0. The molecular formula is C33H38F2N2O5S. The van der Waals surface area contributed by atoms with Gasteiger partial charge in [-0.25, -0.2) is 18.3 Å². The van der Waals surface area contributed by atoms with Gasteiger partial charge in [0.05, 0.1) is 23.7 Å². The molecule has 230 valence electrons. The van der Waals surface area contributed by atoms with Gasteiger partial charge in [-0.1, -0.05) is 19.4 Å². The molecule has 4 fully saturated rings. The Balaban J connectivity index is 1.22. The molecule has 1 N–H and O–H groups in total. The number of hydrogen-bond donors (Lipinski definition) is 1. The molecule has 1 aliphatic heterocycles. The maximum Gasteiger partial charge on any atom is 0.336 e. The van der Waals surface area contributed by atoms with Crippen molar-refractivity contribution in [2.45, 2.75) is 83.0 Å². The van der Waals surface area contributed by atoms with Crippen molar-refractivity contribution in [1.29, 1.82) is 0 Å². The smallest absolute Gasteiger partial charge is 0.336 e. The van der Waals surface area contributed by atoms with E-state index in [0.29, 0.717) is 50.5 Å². The predicted molar refractivity (Wildman–Crippen MR) is 157 cm³/mol. The first-order chi connectivity index (χ1) is 20.6. The van der Waals surface area contributed by atoms with Crippen LogP contribution in [0, 0.1) is 34.4 Å². The van der Waals surface area contributed by atoms with Gasteiger partial charge in [0.15, 0.2) is 11.7 Å². The fourth-order valence-corrected chi connectivity index (χ4v) is 10.4. The minimum Gasteiger partial charge on any atom is -0.448 e. The summed E-state index contributed by atoms with van der Waals surface area (Å²) in [5.41, 5.74) is 1.49. The standard InChI is InChI=1S/C33H38F2N2O5S/c1-31-15-19-17-36-37(22-8-6-21(35)7-9-22)25(19)14-20(31)5-10-23-24-11-12-33(30(40)43-18-34,32(24,2)16-26(38)28(23)31)42-29(39)27-4-3-13-41-27/h6-9,14,17,23-24,26-28,38H,3-5,10-13,15-16,18H2,1-2H3/t23?,24-,26?,27?,28+,31?,32?,33?/m0/s1. The highest BCUT2D eigenvalue weighted by Crippen LogP contribution is 2.69. The molecule has 6 unspecified atom stereocenters. The van der Waals surface area contributed by atoms with Crippen molar-refractivity contribution < 1.29 is 33.0 Å². The Morgan fingerprint density at radius 3 is 2.72 bits per heavy atom. The number of aliphatic hydroxyl groups excluding tert-OH is 1. The number of allylic oxidation sites excluding steroid dienone is 1. The van der Waals surface area contributed by atoms with Crippen molar-refractivity contribution in [3.05, 3.63) is 53.1 Å². The third-order valence-corrected chi connectivity index (χ3v) is 12.3. The third kappa shape index (κ3) is 4.30. The number of aliphatic hydroxyl groups is 1. The van der Waals surface area contributed by atoms with Gasteiger partial charge in [0.1, 0.15) is 11.8 Å². The van der Waals surface area contributed by atoms with Crippen LogP contribution in [0.4, 0.5) is 8.78 Å². The maximum atomic E-state index is 13.7. The number of ether oxygens (including phenoxy) is 2. The van der Waals surface area contributed by atoms with Crippen molar-refractivity contribution in [3.63, 3.8) is 0 Å². The van der Waals surface area contributed by atoms with E-state index in [-0.39, 0.29) is 29.0 Å². The lowest BCUT2D eigenvalue weighted by Gasteiger charge is -2.60. The monoisotopic (exact) mass is 612 g/mol. The maximum absolute atomic E-state index is 13.7. The van der Waals surface area contributed by atoms with Gasteiger partial charge >= 0.3 is 5.97 Å². The molecular weight excluding hydrogens is 574 g/mol. The number of carbonyl (C=O) groups excluding carboxylic acids is 2. The van der Waals surface area contributed by atoms with Gasteiger partial charge in [-0.2, -0.15) is 5.10 Å². The lowest BCUT2D eigenvalue weighted by Crippen LogP contribution is -2.63. The molecule has 0 radical (unpaired) electrons. The normalized spacial score (nSPS) is 38.0.